The zero-order valence-corrected chi connectivity index (χ0v) is 14.2. The lowest BCUT2D eigenvalue weighted by atomic mass is 9.96. The quantitative estimate of drug-likeness (QED) is 0.739. The first-order valence-corrected chi connectivity index (χ1v) is 8.75. The maximum Gasteiger partial charge on any atom is 0.324 e. The predicted octanol–water partition coefficient (Wildman–Crippen LogP) is 0.567. The van der Waals surface area contributed by atoms with E-state index in [1.807, 2.05) is 18.2 Å². The molecule has 25 heavy (non-hydrogen) atoms. The van der Waals surface area contributed by atoms with Crippen LogP contribution in [0.3, 0.4) is 0 Å². The van der Waals surface area contributed by atoms with Crippen molar-refractivity contribution in [3.05, 3.63) is 35.9 Å². The average molecular weight is 344 g/mol. The third-order valence-corrected chi connectivity index (χ3v) is 4.70. The second-order valence-electron chi connectivity index (χ2n) is 6.55. The predicted molar refractivity (Wildman–Crippen MR) is 92.6 cm³/mol. The van der Waals surface area contributed by atoms with Crippen LogP contribution in [0.4, 0.5) is 4.79 Å². The average Bonchev–Trinajstić information content (AvgIpc) is 2.95. The molecule has 3 rings (SSSR count). The van der Waals surface area contributed by atoms with E-state index < -0.39 is 0 Å². The molecule has 0 spiro atoms. The number of likely N-dealkylation sites (tertiary alicyclic amines) is 1. The molecule has 1 atom stereocenters. The molecule has 1 aromatic rings. The lowest BCUT2D eigenvalue weighted by molar-refractivity contribution is -0.128. The summed E-state index contributed by atoms with van der Waals surface area (Å²) in [5.74, 6) is -0.281. The standard InChI is InChI=1S/C18H24N4O3/c23-16-11-20-18(25)22(16)10-8-19-17(24)15-7-4-9-21(13-15)12-14-5-2-1-3-6-14/h1-3,5-6,15H,4,7-13H2,(H,19,24)(H,20,25)/t15-/m0/s1. The summed E-state index contributed by atoms with van der Waals surface area (Å²) >= 11 is 0. The third kappa shape index (κ3) is 4.57. The van der Waals surface area contributed by atoms with E-state index in [-0.39, 0.29) is 36.9 Å². The maximum atomic E-state index is 12.4. The summed E-state index contributed by atoms with van der Waals surface area (Å²) in [4.78, 5) is 38.8. The van der Waals surface area contributed by atoms with Gasteiger partial charge >= 0.3 is 6.03 Å². The number of benzene rings is 1. The van der Waals surface area contributed by atoms with Crippen LogP contribution in [0.2, 0.25) is 0 Å². The van der Waals surface area contributed by atoms with Crippen molar-refractivity contribution in [3.8, 4) is 0 Å². The normalized spacial score (nSPS) is 21.3. The summed E-state index contributed by atoms with van der Waals surface area (Å²) in [5, 5.41) is 5.33. The summed E-state index contributed by atoms with van der Waals surface area (Å²) in [5.41, 5.74) is 1.25. The molecule has 2 fully saturated rings. The van der Waals surface area contributed by atoms with Gasteiger partial charge in [-0.3, -0.25) is 19.4 Å². The van der Waals surface area contributed by atoms with Crippen molar-refractivity contribution in [2.75, 3.05) is 32.7 Å². The van der Waals surface area contributed by atoms with Gasteiger partial charge in [0.05, 0.1) is 12.5 Å². The zero-order chi connectivity index (χ0) is 17.6. The number of carbonyl (C=O) groups excluding carboxylic acids is 3. The Labute approximate surface area is 147 Å². The minimum Gasteiger partial charge on any atom is -0.354 e. The molecule has 0 radical (unpaired) electrons. The van der Waals surface area contributed by atoms with E-state index in [0.717, 1.165) is 37.4 Å². The Kier molecular flexibility index (Phi) is 5.65. The van der Waals surface area contributed by atoms with Crippen molar-refractivity contribution >= 4 is 17.8 Å². The second kappa shape index (κ2) is 8.11. The number of nitrogens with zero attached hydrogens (tertiary/aromatic N) is 2. The third-order valence-electron chi connectivity index (χ3n) is 4.70. The van der Waals surface area contributed by atoms with Gasteiger partial charge < -0.3 is 10.6 Å². The number of hydrogen-bond acceptors (Lipinski definition) is 4. The van der Waals surface area contributed by atoms with E-state index in [2.05, 4.69) is 27.7 Å². The largest absolute Gasteiger partial charge is 0.354 e. The number of amides is 4. The van der Waals surface area contributed by atoms with Crippen LogP contribution < -0.4 is 10.6 Å². The Morgan fingerprint density at radius 1 is 1.24 bits per heavy atom. The summed E-state index contributed by atoms with van der Waals surface area (Å²) in [7, 11) is 0. The lowest BCUT2D eigenvalue weighted by Crippen LogP contribution is -2.45. The monoisotopic (exact) mass is 344 g/mol. The minimum absolute atomic E-state index is 0.00446. The van der Waals surface area contributed by atoms with Crippen LogP contribution in [0.5, 0.6) is 0 Å². The van der Waals surface area contributed by atoms with Gasteiger partial charge in [0.2, 0.25) is 11.8 Å². The van der Waals surface area contributed by atoms with Crippen molar-refractivity contribution in [1.29, 1.82) is 0 Å². The van der Waals surface area contributed by atoms with E-state index in [0.29, 0.717) is 6.54 Å². The highest BCUT2D eigenvalue weighted by Crippen LogP contribution is 2.18. The van der Waals surface area contributed by atoms with Crippen LogP contribution in [-0.4, -0.2) is 60.4 Å². The fraction of sp³-hybridized carbons (Fsp3) is 0.500. The fourth-order valence-electron chi connectivity index (χ4n) is 3.37. The number of rotatable bonds is 6. The van der Waals surface area contributed by atoms with Crippen LogP contribution >= 0.6 is 0 Å². The van der Waals surface area contributed by atoms with Crippen LogP contribution in [0.15, 0.2) is 30.3 Å². The Hall–Kier alpha value is -2.41. The first-order chi connectivity index (χ1) is 12.1. The molecule has 2 heterocycles. The van der Waals surface area contributed by atoms with Gasteiger partial charge in [-0.2, -0.15) is 0 Å². The fourth-order valence-corrected chi connectivity index (χ4v) is 3.37. The zero-order valence-electron chi connectivity index (χ0n) is 14.2. The summed E-state index contributed by atoms with van der Waals surface area (Å²) in [6.45, 7) is 3.16. The number of piperidine rings is 1. The second-order valence-corrected chi connectivity index (χ2v) is 6.55. The van der Waals surface area contributed by atoms with Crippen LogP contribution in [0.1, 0.15) is 18.4 Å². The molecule has 7 nitrogen and oxygen atoms in total. The summed E-state index contributed by atoms with van der Waals surface area (Å²) < 4.78 is 0. The molecule has 0 aliphatic carbocycles. The van der Waals surface area contributed by atoms with Gasteiger partial charge in [0.1, 0.15) is 0 Å². The molecule has 1 aromatic carbocycles. The summed E-state index contributed by atoms with van der Waals surface area (Å²) in [6, 6.07) is 9.87. The van der Waals surface area contributed by atoms with E-state index in [9.17, 15) is 14.4 Å². The molecule has 2 saturated heterocycles. The molecule has 0 bridgehead atoms. The van der Waals surface area contributed by atoms with Crippen molar-refractivity contribution < 1.29 is 14.4 Å². The SMILES string of the molecule is O=C(NCCN1C(=O)CNC1=O)[C@H]1CCCN(Cc2ccccc2)C1. The van der Waals surface area contributed by atoms with E-state index in [4.69, 9.17) is 0 Å². The number of imide groups is 1. The molecule has 7 heteroatoms. The Bertz CT molecular complexity index is 618. The molecule has 2 N–H and O–H groups in total. The molecular weight excluding hydrogens is 320 g/mol. The highest BCUT2D eigenvalue weighted by atomic mass is 16.2. The minimum atomic E-state index is -0.383. The van der Waals surface area contributed by atoms with Gasteiger partial charge in [-0.1, -0.05) is 30.3 Å². The molecule has 2 aliphatic rings. The Morgan fingerprint density at radius 3 is 2.76 bits per heavy atom. The van der Waals surface area contributed by atoms with Gasteiger partial charge in [0.15, 0.2) is 0 Å². The number of hydrogen-bond donors (Lipinski definition) is 2. The van der Waals surface area contributed by atoms with Crippen molar-refractivity contribution in [1.82, 2.24) is 20.4 Å². The molecule has 0 unspecified atom stereocenters. The molecule has 0 aromatic heterocycles. The van der Waals surface area contributed by atoms with Gasteiger partial charge in [-0.15, -0.1) is 0 Å². The molecular formula is C18H24N4O3. The topological polar surface area (TPSA) is 81.8 Å². The number of carbonyl (C=O) groups is 3. The molecule has 134 valence electrons. The molecule has 0 saturated carbocycles. The Morgan fingerprint density at radius 2 is 2.04 bits per heavy atom. The Balaban J connectivity index is 1.44. The number of nitrogens with one attached hydrogen (secondary N) is 2. The highest BCUT2D eigenvalue weighted by molar-refractivity contribution is 6.01. The van der Waals surface area contributed by atoms with Crippen LogP contribution in [0.25, 0.3) is 0 Å². The maximum absolute atomic E-state index is 12.4. The van der Waals surface area contributed by atoms with Crippen molar-refractivity contribution in [2.45, 2.75) is 19.4 Å². The van der Waals surface area contributed by atoms with Gasteiger partial charge in [0, 0.05) is 26.2 Å². The first-order valence-electron chi connectivity index (χ1n) is 8.75. The summed E-state index contributed by atoms with van der Waals surface area (Å²) in [6.07, 6.45) is 1.87. The van der Waals surface area contributed by atoms with Gasteiger partial charge in [0.25, 0.3) is 0 Å². The van der Waals surface area contributed by atoms with Crippen LogP contribution in [-0.2, 0) is 16.1 Å². The van der Waals surface area contributed by atoms with E-state index >= 15 is 0 Å². The smallest absolute Gasteiger partial charge is 0.324 e. The van der Waals surface area contributed by atoms with Crippen molar-refractivity contribution in [3.63, 3.8) is 0 Å². The van der Waals surface area contributed by atoms with E-state index in [1.54, 1.807) is 0 Å². The lowest BCUT2D eigenvalue weighted by Gasteiger charge is -2.32. The van der Waals surface area contributed by atoms with E-state index in [1.165, 1.54) is 5.56 Å². The van der Waals surface area contributed by atoms with Crippen LogP contribution in [0, 0.1) is 5.92 Å². The molecule has 2 aliphatic heterocycles. The highest BCUT2D eigenvalue weighted by Gasteiger charge is 2.29. The van der Waals surface area contributed by atoms with Crippen molar-refractivity contribution in [2.24, 2.45) is 5.92 Å². The molecule has 4 amide bonds. The van der Waals surface area contributed by atoms with Gasteiger partial charge in [-0.05, 0) is 24.9 Å². The first kappa shape index (κ1) is 17.4. The van der Waals surface area contributed by atoms with Gasteiger partial charge in [-0.25, -0.2) is 4.79 Å². The number of urea groups is 1.